The first-order valence-electron chi connectivity index (χ1n) is 10.0. The molecule has 6 nitrogen and oxygen atoms in total. The number of carbonyl (C=O) groups is 2. The lowest BCUT2D eigenvalue weighted by atomic mass is 9.86. The molecule has 7 heteroatoms. The van der Waals surface area contributed by atoms with Gasteiger partial charge in [-0.25, -0.2) is 0 Å². The molecule has 1 saturated heterocycles. The number of β-lactam (4-membered cyclic amide) rings is 1. The third-order valence-corrected chi connectivity index (χ3v) is 6.77. The maximum atomic E-state index is 12.7. The topological polar surface area (TPSA) is 59.1 Å². The highest BCUT2D eigenvalue weighted by Gasteiger charge is 2.49. The Morgan fingerprint density at radius 2 is 1.93 bits per heavy atom. The first-order valence-corrected chi connectivity index (χ1v) is 10.8. The zero-order valence-corrected chi connectivity index (χ0v) is 18.3. The average Bonchev–Trinajstić information content (AvgIpc) is 3.22. The van der Waals surface area contributed by atoms with Crippen molar-refractivity contribution in [2.75, 3.05) is 27.3 Å². The number of ether oxygens (including phenoxy) is 2. The van der Waals surface area contributed by atoms with Gasteiger partial charge in [-0.1, -0.05) is 18.2 Å². The van der Waals surface area contributed by atoms with Gasteiger partial charge in [-0.15, -0.1) is 11.3 Å². The Balaban J connectivity index is 1.46. The summed E-state index contributed by atoms with van der Waals surface area (Å²) in [5, 5.41) is 0. The first kappa shape index (κ1) is 20.6. The molecule has 30 heavy (non-hydrogen) atoms. The van der Waals surface area contributed by atoms with E-state index >= 15 is 0 Å². The summed E-state index contributed by atoms with van der Waals surface area (Å²) >= 11 is 1.53. The van der Waals surface area contributed by atoms with Crippen LogP contribution < -0.4 is 4.74 Å². The van der Waals surface area contributed by atoms with E-state index in [2.05, 4.69) is 6.08 Å². The number of methoxy groups -OCH3 is 2. The Bertz CT molecular complexity index is 966. The van der Waals surface area contributed by atoms with Crippen molar-refractivity contribution < 1.29 is 19.1 Å². The van der Waals surface area contributed by atoms with Crippen LogP contribution in [0.4, 0.5) is 0 Å². The minimum atomic E-state index is -0.448. The molecule has 1 aromatic heterocycles. The number of thiophene rings is 1. The van der Waals surface area contributed by atoms with E-state index in [9.17, 15) is 9.59 Å². The number of amides is 2. The van der Waals surface area contributed by atoms with E-state index in [4.69, 9.17) is 9.47 Å². The maximum absolute atomic E-state index is 12.7. The Hall–Kier alpha value is -2.64. The van der Waals surface area contributed by atoms with Gasteiger partial charge in [0.2, 0.25) is 0 Å². The average molecular weight is 427 g/mol. The number of likely N-dealkylation sites (tertiary alicyclic amines) is 1. The van der Waals surface area contributed by atoms with Gasteiger partial charge in [0.1, 0.15) is 5.75 Å². The fourth-order valence-corrected chi connectivity index (χ4v) is 4.92. The van der Waals surface area contributed by atoms with Crippen LogP contribution in [0, 0.1) is 6.92 Å². The number of nitrogens with zero attached hydrogens (tertiary/aromatic N) is 2. The molecule has 2 amide bonds. The van der Waals surface area contributed by atoms with Crippen LogP contribution in [0.2, 0.25) is 0 Å². The minimum absolute atomic E-state index is 0.00628. The summed E-state index contributed by atoms with van der Waals surface area (Å²) in [5.74, 6) is 0.874. The van der Waals surface area contributed by atoms with Crippen LogP contribution in [0.1, 0.15) is 26.5 Å². The highest BCUT2D eigenvalue weighted by Crippen LogP contribution is 2.34. The molecule has 0 N–H and O–H groups in total. The molecule has 0 spiro atoms. The summed E-state index contributed by atoms with van der Waals surface area (Å²) < 4.78 is 10.7. The molecular formula is C23H26N2O4S. The fraction of sp³-hybridized carbons (Fsp3) is 0.391. The largest absolute Gasteiger partial charge is 0.497 e. The molecular weight excluding hydrogens is 400 g/mol. The van der Waals surface area contributed by atoms with Crippen molar-refractivity contribution >= 4 is 23.2 Å². The molecule has 4 rings (SSSR count). The molecule has 0 unspecified atom stereocenters. The van der Waals surface area contributed by atoms with Crippen molar-refractivity contribution in [3.05, 3.63) is 63.4 Å². The van der Waals surface area contributed by atoms with E-state index in [0.29, 0.717) is 19.6 Å². The second kappa shape index (κ2) is 8.62. The Morgan fingerprint density at radius 3 is 2.50 bits per heavy atom. The Kier molecular flexibility index (Phi) is 5.92. The summed E-state index contributed by atoms with van der Waals surface area (Å²) in [4.78, 5) is 31.0. The van der Waals surface area contributed by atoms with Crippen molar-refractivity contribution in [2.24, 2.45) is 0 Å². The van der Waals surface area contributed by atoms with E-state index in [1.54, 1.807) is 14.2 Å². The molecule has 1 fully saturated rings. The van der Waals surface area contributed by atoms with Crippen molar-refractivity contribution in [1.82, 2.24) is 9.80 Å². The normalized spacial score (nSPS) is 21.3. The molecule has 0 radical (unpaired) electrons. The number of carbonyl (C=O) groups excluding carboxylic acids is 2. The van der Waals surface area contributed by atoms with Crippen LogP contribution >= 0.6 is 11.3 Å². The highest BCUT2D eigenvalue weighted by molar-refractivity contribution is 7.13. The zero-order valence-electron chi connectivity index (χ0n) is 17.5. The fourth-order valence-electron chi connectivity index (χ4n) is 4.09. The lowest BCUT2D eigenvalue weighted by Gasteiger charge is -2.48. The predicted molar refractivity (Wildman–Crippen MR) is 116 cm³/mol. The molecule has 0 saturated carbocycles. The van der Waals surface area contributed by atoms with Crippen molar-refractivity contribution in [2.45, 2.75) is 32.0 Å². The van der Waals surface area contributed by atoms with Gasteiger partial charge >= 0.3 is 0 Å². The summed E-state index contributed by atoms with van der Waals surface area (Å²) in [6.45, 7) is 3.75. The van der Waals surface area contributed by atoms with Gasteiger partial charge in [-0.2, -0.15) is 0 Å². The van der Waals surface area contributed by atoms with E-state index in [1.165, 1.54) is 16.9 Å². The number of aryl methyl sites for hydroxylation is 1. The summed E-state index contributed by atoms with van der Waals surface area (Å²) in [5.41, 5.74) is 2.21. The van der Waals surface area contributed by atoms with Crippen molar-refractivity contribution in [3.8, 4) is 5.75 Å². The first-order chi connectivity index (χ1) is 14.5. The monoisotopic (exact) mass is 426 g/mol. The van der Waals surface area contributed by atoms with Gasteiger partial charge in [0.05, 0.1) is 18.0 Å². The van der Waals surface area contributed by atoms with Gasteiger partial charge in [0.25, 0.3) is 11.8 Å². The van der Waals surface area contributed by atoms with Gasteiger partial charge in [0, 0.05) is 31.6 Å². The summed E-state index contributed by atoms with van der Waals surface area (Å²) in [7, 11) is 3.22. The lowest BCUT2D eigenvalue weighted by molar-refractivity contribution is -0.168. The van der Waals surface area contributed by atoms with Crippen LogP contribution in [0.15, 0.2) is 48.0 Å². The molecule has 158 valence electrons. The number of benzene rings is 1. The third-order valence-electron chi connectivity index (χ3n) is 5.78. The van der Waals surface area contributed by atoms with Gasteiger partial charge in [0.15, 0.2) is 6.10 Å². The molecule has 0 aliphatic carbocycles. The quantitative estimate of drug-likeness (QED) is 0.526. The van der Waals surface area contributed by atoms with E-state index in [1.807, 2.05) is 53.1 Å². The van der Waals surface area contributed by atoms with Crippen LogP contribution in [0.5, 0.6) is 5.75 Å². The van der Waals surface area contributed by atoms with Crippen molar-refractivity contribution in [3.63, 3.8) is 0 Å². The second-order valence-electron chi connectivity index (χ2n) is 7.61. The smallest absolute Gasteiger partial charge is 0.264 e. The van der Waals surface area contributed by atoms with Gasteiger partial charge in [-0.05, 0) is 48.7 Å². The molecule has 2 aliphatic rings. The number of hydrogen-bond donors (Lipinski definition) is 0. The molecule has 1 aromatic carbocycles. The third kappa shape index (κ3) is 3.87. The van der Waals surface area contributed by atoms with Crippen LogP contribution in [-0.2, 0) is 16.1 Å². The van der Waals surface area contributed by atoms with E-state index in [0.717, 1.165) is 27.5 Å². The second-order valence-corrected chi connectivity index (χ2v) is 8.89. The van der Waals surface area contributed by atoms with E-state index < -0.39 is 6.10 Å². The lowest BCUT2D eigenvalue weighted by Crippen LogP contribution is -2.66. The highest BCUT2D eigenvalue weighted by atomic mass is 32.1. The van der Waals surface area contributed by atoms with Crippen LogP contribution in [0.25, 0.3) is 0 Å². The molecule has 3 heterocycles. The molecule has 2 aliphatic heterocycles. The van der Waals surface area contributed by atoms with Crippen LogP contribution in [-0.4, -0.2) is 61.1 Å². The zero-order chi connectivity index (χ0) is 21.3. The predicted octanol–water partition coefficient (Wildman–Crippen LogP) is 3.26. The standard InChI is InChI=1S/C23H26N2O4S/c1-15-4-9-19(30-15)22(26)24-12-10-17(11-13-24)20-21(29-3)23(27)25(20)14-16-5-7-18(28-2)8-6-16/h4-10,20-21H,11-14H2,1-3H3/t20-,21+/m0/s1. The van der Waals surface area contributed by atoms with Gasteiger partial charge in [-0.3, -0.25) is 9.59 Å². The molecule has 0 bridgehead atoms. The number of hydrogen-bond acceptors (Lipinski definition) is 5. The van der Waals surface area contributed by atoms with Crippen LogP contribution in [0.3, 0.4) is 0 Å². The Morgan fingerprint density at radius 1 is 1.17 bits per heavy atom. The van der Waals surface area contributed by atoms with Gasteiger partial charge < -0.3 is 19.3 Å². The maximum Gasteiger partial charge on any atom is 0.264 e. The molecule has 2 aromatic rings. The number of rotatable bonds is 6. The minimum Gasteiger partial charge on any atom is -0.497 e. The van der Waals surface area contributed by atoms with Crippen molar-refractivity contribution in [1.29, 1.82) is 0 Å². The molecule has 2 atom stereocenters. The SMILES string of the molecule is COc1ccc(CN2C(=O)[C@H](OC)[C@@H]2C2=CCN(C(=O)c3ccc(C)s3)CC2)cc1. The van der Waals surface area contributed by atoms with E-state index in [-0.39, 0.29) is 17.9 Å². The Labute approximate surface area is 180 Å². The summed E-state index contributed by atoms with van der Waals surface area (Å²) in [6, 6.07) is 11.5. The summed E-state index contributed by atoms with van der Waals surface area (Å²) in [6.07, 6.45) is 2.38.